The van der Waals surface area contributed by atoms with Crippen molar-refractivity contribution in [1.29, 1.82) is 0 Å². The molecule has 1 heterocycles. The van der Waals surface area contributed by atoms with Crippen molar-refractivity contribution in [3.05, 3.63) is 35.9 Å². The molecule has 0 N–H and O–H groups in total. The molecule has 0 spiro atoms. The lowest BCUT2D eigenvalue weighted by molar-refractivity contribution is -0.150. The Morgan fingerprint density at radius 3 is 2.67 bits per heavy atom. The molecular formula is C18H23NO2. The normalized spacial score (nSPS) is 41.7. The zero-order valence-electron chi connectivity index (χ0n) is 12.9. The van der Waals surface area contributed by atoms with Gasteiger partial charge < -0.3 is 4.74 Å². The van der Waals surface area contributed by atoms with Crippen molar-refractivity contribution in [2.45, 2.75) is 38.4 Å². The molecule has 2 bridgehead atoms. The second-order valence-electron chi connectivity index (χ2n) is 6.98. The number of likely N-dealkylation sites (tertiary alicyclic amines) is 1. The van der Waals surface area contributed by atoms with Crippen LogP contribution in [0.2, 0.25) is 0 Å². The zero-order valence-corrected chi connectivity index (χ0v) is 12.9. The summed E-state index contributed by atoms with van der Waals surface area (Å²) in [4.78, 5) is 14.8. The van der Waals surface area contributed by atoms with Gasteiger partial charge in [0.1, 0.15) is 6.04 Å². The molecule has 1 aromatic carbocycles. The molecule has 3 nitrogen and oxygen atoms in total. The monoisotopic (exact) mass is 285 g/mol. The van der Waals surface area contributed by atoms with Crippen LogP contribution in [0, 0.1) is 23.7 Å². The number of fused-ring (bicyclic) bond motifs is 5. The van der Waals surface area contributed by atoms with Gasteiger partial charge in [0.05, 0.1) is 7.11 Å². The van der Waals surface area contributed by atoms with Gasteiger partial charge in [-0.3, -0.25) is 9.69 Å². The molecule has 21 heavy (non-hydrogen) atoms. The molecule has 1 aromatic rings. The first-order chi connectivity index (χ1) is 10.1. The minimum atomic E-state index is -0.0404. The molecular weight excluding hydrogens is 262 g/mol. The summed E-state index contributed by atoms with van der Waals surface area (Å²) in [5, 5.41) is 0. The highest BCUT2D eigenvalue weighted by Crippen LogP contribution is 2.68. The van der Waals surface area contributed by atoms with Crippen molar-refractivity contribution in [2.75, 3.05) is 7.11 Å². The molecule has 3 aliphatic rings. The summed E-state index contributed by atoms with van der Waals surface area (Å²) in [6.45, 7) is 4.58. The Bertz CT molecular complexity index is 558. The van der Waals surface area contributed by atoms with Gasteiger partial charge in [0.15, 0.2) is 0 Å². The molecule has 3 heteroatoms. The van der Waals surface area contributed by atoms with Crippen molar-refractivity contribution in [3.63, 3.8) is 0 Å². The zero-order chi connectivity index (χ0) is 14.7. The van der Waals surface area contributed by atoms with Gasteiger partial charge in [0.2, 0.25) is 0 Å². The maximum Gasteiger partial charge on any atom is 0.323 e. The van der Waals surface area contributed by atoms with Crippen molar-refractivity contribution in [2.24, 2.45) is 23.7 Å². The van der Waals surface area contributed by atoms with Crippen molar-refractivity contribution >= 4 is 5.97 Å². The first kappa shape index (κ1) is 13.3. The van der Waals surface area contributed by atoms with E-state index in [0.717, 1.165) is 17.8 Å². The molecule has 0 radical (unpaired) electrons. The molecule has 7 unspecified atom stereocenters. The average molecular weight is 285 g/mol. The average Bonchev–Trinajstić information content (AvgIpc) is 2.90. The van der Waals surface area contributed by atoms with E-state index >= 15 is 0 Å². The predicted molar refractivity (Wildman–Crippen MR) is 80.5 cm³/mol. The third-order valence-corrected chi connectivity index (χ3v) is 6.25. The molecule has 4 rings (SSSR count). The lowest BCUT2D eigenvalue weighted by Crippen LogP contribution is -2.48. The Morgan fingerprint density at radius 2 is 2.00 bits per heavy atom. The minimum absolute atomic E-state index is 0.0390. The molecule has 3 fully saturated rings. The number of carbonyl (C=O) groups excluding carboxylic acids is 1. The van der Waals surface area contributed by atoms with Crippen LogP contribution in [0.5, 0.6) is 0 Å². The number of esters is 1. The van der Waals surface area contributed by atoms with Crippen LogP contribution in [0.1, 0.15) is 31.9 Å². The molecule has 0 amide bonds. The molecule has 1 saturated heterocycles. The van der Waals surface area contributed by atoms with Crippen LogP contribution in [-0.4, -0.2) is 30.1 Å². The van der Waals surface area contributed by atoms with Crippen molar-refractivity contribution in [3.8, 4) is 0 Å². The first-order valence-corrected chi connectivity index (χ1v) is 8.05. The summed E-state index contributed by atoms with van der Waals surface area (Å²) in [5.41, 5.74) is 1.30. The maximum atomic E-state index is 12.4. The predicted octanol–water partition coefficient (Wildman–Crippen LogP) is 2.88. The number of nitrogens with zero attached hydrogens (tertiary/aromatic N) is 1. The number of rotatable bonds is 3. The fourth-order valence-electron chi connectivity index (χ4n) is 5.34. The lowest BCUT2D eigenvalue weighted by Gasteiger charge is -2.38. The Labute approximate surface area is 126 Å². The molecule has 0 aromatic heterocycles. The second kappa shape index (κ2) is 4.57. The van der Waals surface area contributed by atoms with Crippen LogP contribution in [0.4, 0.5) is 0 Å². The number of benzene rings is 1. The van der Waals surface area contributed by atoms with E-state index < -0.39 is 0 Å². The van der Waals surface area contributed by atoms with E-state index in [0.29, 0.717) is 12.0 Å². The number of hydrogen-bond acceptors (Lipinski definition) is 3. The number of piperidine rings is 1. The Balaban J connectivity index is 1.67. The highest BCUT2D eigenvalue weighted by atomic mass is 16.5. The van der Waals surface area contributed by atoms with Crippen LogP contribution in [0.3, 0.4) is 0 Å². The SMILES string of the molecule is COC(=O)C1C2CC(C3C(C)C23)N1C(C)c1ccccc1. The van der Waals surface area contributed by atoms with E-state index in [-0.39, 0.29) is 18.1 Å². The van der Waals surface area contributed by atoms with E-state index in [9.17, 15) is 4.79 Å². The topological polar surface area (TPSA) is 29.5 Å². The van der Waals surface area contributed by atoms with Crippen molar-refractivity contribution in [1.82, 2.24) is 4.90 Å². The van der Waals surface area contributed by atoms with Crippen LogP contribution < -0.4 is 0 Å². The van der Waals surface area contributed by atoms with Gasteiger partial charge in [0, 0.05) is 12.1 Å². The highest BCUT2D eigenvalue weighted by Gasteiger charge is 2.70. The molecule has 1 aliphatic heterocycles. The Kier molecular flexibility index (Phi) is 2.90. The van der Waals surface area contributed by atoms with E-state index in [1.807, 2.05) is 6.07 Å². The van der Waals surface area contributed by atoms with E-state index in [4.69, 9.17) is 4.74 Å². The fraction of sp³-hybridized carbons (Fsp3) is 0.611. The summed E-state index contributed by atoms with van der Waals surface area (Å²) < 4.78 is 5.12. The van der Waals surface area contributed by atoms with Crippen LogP contribution in [0.25, 0.3) is 0 Å². The maximum absolute atomic E-state index is 12.4. The van der Waals surface area contributed by atoms with Gasteiger partial charge in [-0.2, -0.15) is 0 Å². The third kappa shape index (κ3) is 1.73. The van der Waals surface area contributed by atoms with E-state index in [1.165, 1.54) is 19.1 Å². The smallest absolute Gasteiger partial charge is 0.323 e. The number of methoxy groups -OCH3 is 1. The van der Waals surface area contributed by atoms with Gasteiger partial charge >= 0.3 is 5.97 Å². The molecule has 2 aliphatic carbocycles. The van der Waals surface area contributed by atoms with Crippen molar-refractivity contribution < 1.29 is 9.53 Å². The Hall–Kier alpha value is -1.35. The summed E-state index contributed by atoms with van der Waals surface area (Å²) in [6, 6.07) is 11.3. The first-order valence-electron chi connectivity index (χ1n) is 8.05. The number of hydrogen-bond donors (Lipinski definition) is 0. The van der Waals surface area contributed by atoms with Gasteiger partial charge in [-0.15, -0.1) is 0 Å². The summed E-state index contributed by atoms with van der Waals surface area (Å²) >= 11 is 0. The molecule has 112 valence electrons. The molecule has 2 saturated carbocycles. The quantitative estimate of drug-likeness (QED) is 0.800. The second-order valence-corrected chi connectivity index (χ2v) is 6.98. The van der Waals surface area contributed by atoms with Gasteiger partial charge in [0.25, 0.3) is 0 Å². The van der Waals surface area contributed by atoms with Gasteiger partial charge in [-0.1, -0.05) is 37.3 Å². The minimum Gasteiger partial charge on any atom is -0.468 e. The molecule has 7 atom stereocenters. The van der Waals surface area contributed by atoms with Gasteiger partial charge in [-0.25, -0.2) is 0 Å². The van der Waals surface area contributed by atoms with E-state index in [2.05, 4.69) is 43.0 Å². The largest absolute Gasteiger partial charge is 0.468 e. The standard InChI is InChI=1S/C18H23NO2/c1-10-15-13-9-14(16(10)15)19(17(13)18(20)21-3)11(2)12-7-5-4-6-8-12/h4-8,10-11,13-17H,9H2,1-3H3. The summed E-state index contributed by atoms with van der Waals surface area (Å²) in [6.07, 6.45) is 1.18. The number of ether oxygens (including phenoxy) is 1. The summed E-state index contributed by atoms with van der Waals surface area (Å²) in [5.74, 6) is 2.82. The summed E-state index contributed by atoms with van der Waals surface area (Å²) in [7, 11) is 1.52. The van der Waals surface area contributed by atoms with Crippen LogP contribution in [-0.2, 0) is 9.53 Å². The third-order valence-electron chi connectivity index (χ3n) is 6.25. The van der Waals surface area contributed by atoms with Gasteiger partial charge in [-0.05, 0) is 42.6 Å². The fourth-order valence-corrected chi connectivity index (χ4v) is 5.34. The van der Waals surface area contributed by atoms with Crippen LogP contribution >= 0.6 is 0 Å². The lowest BCUT2D eigenvalue weighted by atomic mass is 9.94. The van der Waals surface area contributed by atoms with E-state index in [1.54, 1.807) is 0 Å². The number of carbonyl (C=O) groups is 1. The Morgan fingerprint density at radius 1 is 1.29 bits per heavy atom. The highest BCUT2D eigenvalue weighted by molar-refractivity contribution is 5.77. The van der Waals surface area contributed by atoms with Crippen LogP contribution in [0.15, 0.2) is 30.3 Å².